The number of hydrogen-bond acceptors (Lipinski definition) is 10. The molecule has 8 nitrogen and oxygen atoms in total. The summed E-state index contributed by atoms with van der Waals surface area (Å²) in [6.07, 6.45) is 0. The third kappa shape index (κ3) is 7.72. The van der Waals surface area contributed by atoms with Crippen LogP contribution in [0.3, 0.4) is 0 Å². The number of hydrogen-bond donors (Lipinski definition) is 4. The number of benzene rings is 2. The maximum Gasteiger partial charge on any atom is 0.224 e. The van der Waals surface area contributed by atoms with Gasteiger partial charge in [0.15, 0.2) is 0 Å². The van der Waals surface area contributed by atoms with Crippen molar-refractivity contribution in [1.29, 1.82) is 0 Å². The first kappa shape index (κ1) is 32.2. The molecule has 0 bridgehead atoms. The average Bonchev–Trinajstić information content (AvgIpc) is 2.99. The van der Waals surface area contributed by atoms with E-state index in [1.165, 1.54) is 11.1 Å². The van der Waals surface area contributed by atoms with Crippen LogP contribution < -0.4 is 22.1 Å². The van der Waals surface area contributed by atoms with E-state index in [4.69, 9.17) is 31.4 Å². The Kier molecular flexibility index (Phi) is 11.1. The molecule has 10 heteroatoms. The van der Waals surface area contributed by atoms with Gasteiger partial charge in [-0.25, -0.2) is 19.9 Å². The van der Waals surface area contributed by atoms with Crippen molar-refractivity contribution < 1.29 is 0 Å². The molecule has 1 saturated carbocycles. The zero-order valence-corrected chi connectivity index (χ0v) is 27.6. The first-order valence-electron chi connectivity index (χ1n) is 15.4. The summed E-state index contributed by atoms with van der Waals surface area (Å²) in [4.78, 5) is 20.0. The molecule has 1 aliphatic rings. The van der Waals surface area contributed by atoms with Crippen LogP contribution in [-0.4, -0.2) is 56.6 Å². The Bertz CT molecular complexity index is 1360. The van der Waals surface area contributed by atoms with Gasteiger partial charge in [-0.1, -0.05) is 60.7 Å². The number of nitrogens with one attached hydrogen (secondary N) is 2. The van der Waals surface area contributed by atoms with E-state index < -0.39 is 0 Å². The molecule has 0 unspecified atom stereocenters. The van der Waals surface area contributed by atoms with Crippen molar-refractivity contribution in [2.24, 2.45) is 11.5 Å². The van der Waals surface area contributed by atoms with Gasteiger partial charge in [0.1, 0.15) is 10.1 Å². The van der Waals surface area contributed by atoms with Crippen LogP contribution in [0.2, 0.25) is 0 Å². The highest BCUT2D eigenvalue weighted by atomic mass is 32.2. The zero-order chi connectivity index (χ0) is 31.1. The Balaban J connectivity index is 1.69. The molecule has 2 aromatic carbocycles. The van der Waals surface area contributed by atoms with Crippen molar-refractivity contribution in [3.05, 3.63) is 95.3 Å². The van der Waals surface area contributed by atoms with Crippen LogP contribution in [-0.2, 0) is 0 Å². The molecule has 232 valence electrons. The fourth-order valence-electron chi connectivity index (χ4n) is 6.01. The van der Waals surface area contributed by atoms with Gasteiger partial charge in [0.2, 0.25) is 11.9 Å². The van der Waals surface area contributed by atoms with Crippen molar-refractivity contribution in [1.82, 2.24) is 19.9 Å². The molecule has 4 aromatic rings. The predicted molar refractivity (Wildman–Crippen MR) is 185 cm³/mol. The number of aromatic nitrogens is 4. The third-order valence-electron chi connectivity index (χ3n) is 7.62. The van der Waals surface area contributed by atoms with Crippen LogP contribution in [0.1, 0.15) is 73.9 Å². The highest BCUT2D eigenvalue weighted by molar-refractivity contribution is 7.99. The minimum Gasteiger partial charge on any atom is -0.352 e. The summed E-state index contributed by atoms with van der Waals surface area (Å²) in [5.41, 5.74) is 16.4. The Hall–Kier alpha value is -3.18. The molecule has 0 radical (unpaired) electrons. The van der Waals surface area contributed by atoms with Gasteiger partial charge in [-0.2, -0.15) is 0 Å². The van der Waals surface area contributed by atoms with E-state index in [-0.39, 0.29) is 35.8 Å². The number of nitrogens with zero attached hydrogens (tertiary/aromatic N) is 4. The third-order valence-corrected chi connectivity index (χ3v) is 9.51. The van der Waals surface area contributed by atoms with Gasteiger partial charge in [-0.05, 0) is 51.0 Å². The van der Waals surface area contributed by atoms with Crippen LogP contribution >= 0.6 is 23.5 Å². The molecule has 0 spiro atoms. The second kappa shape index (κ2) is 15.2. The van der Waals surface area contributed by atoms with Crippen LogP contribution in [0.15, 0.2) is 82.8 Å². The van der Waals surface area contributed by atoms with E-state index in [2.05, 4.69) is 111 Å². The highest BCUT2D eigenvalue weighted by Crippen LogP contribution is 2.66. The Morgan fingerprint density at radius 2 is 0.977 bits per heavy atom. The van der Waals surface area contributed by atoms with Crippen LogP contribution in [0, 0.1) is 0 Å². The molecule has 0 amide bonds. The van der Waals surface area contributed by atoms with E-state index in [1.54, 1.807) is 23.5 Å². The predicted octanol–water partition coefficient (Wildman–Crippen LogP) is 6.46. The highest BCUT2D eigenvalue weighted by Gasteiger charge is 2.54. The summed E-state index contributed by atoms with van der Waals surface area (Å²) >= 11 is 3.36. The zero-order valence-electron chi connectivity index (χ0n) is 26.0. The van der Waals surface area contributed by atoms with Gasteiger partial charge in [-0.15, -0.1) is 23.5 Å². The molecule has 44 heavy (non-hydrogen) atoms. The SMILES string of the molecule is CC(C)Nc1nc(SCCN)cc([C@H]2[C@H](c3ccccc3)[C@H](c3cc(SCCN)nc(NC(C)C)n3)[C@H]2c2ccccc2)n1. The molecule has 1 fully saturated rings. The van der Waals surface area contributed by atoms with E-state index in [0.29, 0.717) is 25.0 Å². The lowest BCUT2D eigenvalue weighted by Gasteiger charge is -2.52. The normalized spacial score (nSPS) is 19.6. The molecule has 2 aromatic heterocycles. The lowest BCUT2D eigenvalue weighted by Crippen LogP contribution is -2.41. The van der Waals surface area contributed by atoms with Crippen LogP contribution in [0.5, 0.6) is 0 Å². The minimum absolute atomic E-state index is 0.106. The van der Waals surface area contributed by atoms with Gasteiger partial charge < -0.3 is 22.1 Å². The smallest absolute Gasteiger partial charge is 0.224 e. The van der Waals surface area contributed by atoms with Gasteiger partial charge in [0.05, 0.1) is 11.4 Å². The molecule has 0 atom stereocenters. The lowest BCUT2D eigenvalue weighted by molar-refractivity contribution is 0.219. The van der Waals surface area contributed by atoms with Gasteiger partial charge in [0.25, 0.3) is 0 Å². The van der Waals surface area contributed by atoms with Gasteiger partial charge in [-0.3, -0.25) is 0 Å². The monoisotopic (exact) mass is 628 g/mol. The maximum atomic E-state index is 5.89. The molecular formula is C34H44N8S2. The number of anilines is 2. The van der Waals surface area contributed by atoms with Crippen molar-refractivity contribution >= 4 is 35.4 Å². The van der Waals surface area contributed by atoms with Crippen molar-refractivity contribution in [2.45, 2.75) is 73.5 Å². The second-order valence-corrected chi connectivity index (χ2v) is 13.9. The summed E-state index contributed by atoms with van der Waals surface area (Å²) in [5.74, 6) is 3.41. The standard InChI is InChI=1S/C34H44N8S2/c1-21(2)37-33-39-25(19-27(41-33)43-17-15-35)31-29(23-11-7-5-8-12-23)32(30(31)24-13-9-6-10-14-24)26-20-28(44-18-16-36)42-34(40-26)38-22(3)4/h5-14,19-22,29-32H,15-18,35-36H2,1-4H3,(H,37,39,41)(H,38,40,42)/t29-,30-,31-,32-. The lowest BCUT2D eigenvalue weighted by atomic mass is 9.50. The summed E-state index contributed by atoms with van der Waals surface area (Å²) in [7, 11) is 0. The van der Waals surface area contributed by atoms with E-state index in [9.17, 15) is 0 Å². The Morgan fingerprint density at radius 3 is 1.32 bits per heavy atom. The summed E-state index contributed by atoms with van der Waals surface area (Å²) in [5, 5.41) is 8.80. The summed E-state index contributed by atoms with van der Waals surface area (Å²) in [6.45, 7) is 9.62. The second-order valence-electron chi connectivity index (χ2n) is 11.7. The molecule has 1 aliphatic carbocycles. The molecule has 2 heterocycles. The first-order valence-corrected chi connectivity index (χ1v) is 17.4. The van der Waals surface area contributed by atoms with Gasteiger partial charge >= 0.3 is 0 Å². The van der Waals surface area contributed by atoms with E-state index in [1.807, 2.05) is 0 Å². The first-order chi connectivity index (χ1) is 21.4. The van der Waals surface area contributed by atoms with Crippen LogP contribution in [0.4, 0.5) is 11.9 Å². The molecule has 0 aliphatic heterocycles. The number of thioether (sulfide) groups is 2. The Labute approximate surface area is 270 Å². The Morgan fingerprint density at radius 1 is 0.591 bits per heavy atom. The van der Waals surface area contributed by atoms with Crippen molar-refractivity contribution in [3.63, 3.8) is 0 Å². The fourth-order valence-corrected chi connectivity index (χ4v) is 7.38. The number of nitrogens with two attached hydrogens (primary N) is 2. The molecular weight excluding hydrogens is 585 g/mol. The average molecular weight is 629 g/mol. The maximum absolute atomic E-state index is 5.89. The molecule has 6 N–H and O–H groups in total. The quantitative estimate of drug-likeness (QED) is 0.0913. The van der Waals surface area contributed by atoms with Crippen LogP contribution in [0.25, 0.3) is 0 Å². The summed E-state index contributed by atoms with van der Waals surface area (Å²) in [6, 6.07) is 26.4. The largest absolute Gasteiger partial charge is 0.352 e. The number of rotatable bonds is 14. The van der Waals surface area contributed by atoms with Crippen molar-refractivity contribution in [3.8, 4) is 0 Å². The summed E-state index contributed by atoms with van der Waals surface area (Å²) < 4.78 is 0. The molecule has 5 rings (SSSR count). The van der Waals surface area contributed by atoms with E-state index >= 15 is 0 Å². The fraction of sp³-hybridized carbons (Fsp3) is 0.412. The van der Waals surface area contributed by atoms with Gasteiger partial charge in [0, 0.05) is 60.4 Å². The van der Waals surface area contributed by atoms with E-state index in [0.717, 1.165) is 32.9 Å². The topological polar surface area (TPSA) is 128 Å². The molecule has 0 saturated heterocycles. The minimum atomic E-state index is 0.106. The van der Waals surface area contributed by atoms with Crippen molar-refractivity contribution in [2.75, 3.05) is 35.2 Å².